The smallest absolute Gasteiger partial charge is 0.212 e. The third kappa shape index (κ3) is 4.81. The molecule has 5 nitrogen and oxygen atoms in total. The van der Waals surface area contributed by atoms with Crippen molar-refractivity contribution in [1.29, 1.82) is 0 Å². The highest BCUT2D eigenvalue weighted by Gasteiger charge is 2.40. The van der Waals surface area contributed by atoms with Crippen molar-refractivity contribution in [3.05, 3.63) is 65.5 Å². The monoisotopic (exact) mass is 412 g/mol. The molecule has 0 amide bonds. The molecule has 0 unspecified atom stereocenters. The fourth-order valence-corrected chi connectivity index (χ4v) is 3.57. The molecule has 30 heavy (non-hydrogen) atoms. The Morgan fingerprint density at radius 1 is 1.03 bits per heavy atom. The van der Waals surface area contributed by atoms with Crippen LogP contribution in [0.5, 0.6) is 5.75 Å². The normalized spacial score (nSPS) is 21.1. The fraction of sp³-hybridized carbons (Fsp3) is 0.417. The predicted octanol–water partition coefficient (Wildman–Crippen LogP) is 4.83. The van der Waals surface area contributed by atoms with Crippen molar-refractivity contribution in [2.45, 2.75) is 45.4 Å². The molecular formula is C24H29FN2O3. The van der Waals surface area contributed by atoms with E-state index in [-0.39, 0.29) is 17.7 Å². The molecule has 1 aliphatic heterocycles. The van der Waals surface area contributed by atoms with Crippen molar-refractivity contribution in [2.24, 2.45) is 15.9 Å². The number of ether oxygens (including phenoxy) is 3. The minimum atomic E-state index is -0.773. The molecule has 0 fully saturated rings. The van der Waals surface area contributed by atoms with Crippen LogP contribution < -0.4 is 4.74 Å². The number of halogens is 1. The van der Waals surface area contributed by atoms with Crippen LogP contribution >= 0.6 is 0 Å². The molecule has 0 aliphatic carbocycles. The maximum Gasteiger partial charge on any atom is 0.212 e. The summed E-state index contributed by atoms with van der Waals surface area (Å²) in [4.78, 5) is 9.52. The lowest BCUT2D eigenvalue weighted by Crippen LogP contribution is -2.46. The van der Waals surface area contributed by atoms with E-state index in [0.717, 1.165) is 11.1 Å². The van der Waals surface area contributed by atoms with Crippen LogP contribution in [-0.2, 0) is 22.5 Å². The summed E-state index contributed by atoms with van der Waals surface area (Å²) in [6.45, 7) is 6.35. The molecule has 0 aromatic heterocycles. The number of hydrogen-bond donors (Lipinski definition) is 0. The summed E-state index contributed by atoms with van der Waals surface area (Å²) in [6.07, 6.45) is 0.424. The molecule has 0 saturated carbocycles. The minimum Gasteiger partial charge on any atom is -0.486 e. The van der Waals surface area contributed by atoms with E-state index in [4.69, 9.17) is 24.2 Å². The van der Waals surface area contributed by atoms with E-state index in [1.54, 1.807) is 20.3 Å². The summed E-state index contributed by atoms with van der Waals surface area (Å²) >= 11 is 0. The number of aliphatic imine (C=N–C) groups is 2. The van der Waals surface area contributed by atoms with E-state index in [0.29, 0.717) is 24.8 Å². The third-order valence-corrected chi connectivity index (χ3v) is 5.14. The van der Waals surface area contributed by atoms with Gasteiger partial charge in [0.25, 0.3) is 0 Å². The van der Waals surface area contributed by atoms with Crippen LogP contribution in [0.3, 0.4) is 0 Å². The van der Waals surface area contributed by atoms with Gasteiger partial charge in [-0.2, -0.15) is 0 Å². The Morgan fingerprint density at radius 3 is 2.37 bits per heavy atom. The lowest BCUT2D eigenvalue weighted by Gasteiger charge is -2.33. The highest BCUT2D eigenvalue weighted by atomic mass is 19.1. The van der Waals surface area contributed by atoms with E-state index in [1.807, 2.05) is 43.3 Å². The van der Waals surface area contributed by atoms with Crippen LogP contribution in [-0.4, -0.2) is 37.6 Å². The van der Waals surface area contributed by atoms with Gasteiger partial charge in [0.05, 0.1) is 14.2 Å². The lowest BCUT2D eigenvalue weighted by molar-refractivity contribution is 0.289. The first-order chi connectivity index (χ1) is 14.4. The molecule has 2 aromatic rings. The molecule has 0 saturated heterocycles. The molecule has 0 radical (unpaired) electrons. The molecule has 160 valence electrons. The van der Waals surface area contributed by atoms with Gasteiger partial charge in [-0.05, 0) is 36.1 Å². The molecule has 6 heteroatoms. The van der Waals surface area contributed by atoms with Crippen LogP contribution in [0.4, 0.5) is 4.39 Å². The molecule has 1 aliphatic rings. The summed E-state index contributed by atoms with van der Waals surface area (Å²) in [6, 6.07) is 14.5. The highest BCUT2D eigenvalue weighted by molar-refractivity contribution is 5.96. The van der Waals surface area contributed by atoms with Crippen molar-refractivity contribution >= 4 is 11.8 Å². The Bertz CT molecular complexity index is 927. The van der Waals surface area contributed by atoms with Gasteiger partial charge in [-0.1, -0.05) is 50.2 Å². The second kappa shape index (κ2) is 9.28. The lowest BCUT2D eigenvalue weighted by atomic mass is 9.90. The Morgan fingerprint density at radius 2 is 1.77 bits per heavy atom. The van der Waals surface area contributed by atoms with Gasteiger partial charge in [0.1, 0.15) is 18.2 Å². The molecule has 2 atom stereocenters. The number of hydrogen-bond acceptors (Lipinski definition) is 5. The fourth-order valence-electron chi connectivity index (χ4n) is 3.57. The zero-order valence-corrected chi connectivity index (χ0v) is 18.2. The van der Waals surface area contributed by atoms with Crippen LogP contribution in [0.1, 0.15) is 31.9 Å². The first-order valence-electron chi connectivity index (χ1n) is 10.1. The number of rotatable bonds is 6. The average Bonchev–Trinajstić information content (AvgIpc) is 2.73. The van der Waals surface area contributed by atoms with Crippen molar-refractivity contribution < 1.29 is 18.6 Å². The van der Waals surface area contributed by atoms with Gasteiger partial charge >= 0.3 is 0 Å². The molecule has 2 aromatic carbocycles. The van der Waals surface area contributed by atoms with Crippen molar-refractivity contribution in [2.75, 3.05) is 14.2 Å². The van der Waals surface area contributed by atoms with Gasteiger partial charge < -0.3 is 14.2 Å². The van der Waals surface area contributed by atoms with Gasteiger partial charge in [-0.3, -0.25) is 0 Å². The Labute approximate surface area is 177 Å². The van der Waals surface area contributed by atoms with E-state index in [2.05, 4.69) is 13.8 Å². The standard InChI is InChI=1S/C24H29FN2O3/c1-16(2)21-22(28-4)27-24(3,23(26-21)29-5)14-18-11-12-20(19(25)13-18)30-15-17-9-7-6-8-10-17/h6-13,16,21H,14-15H2,1-5H3/t21-,24+/m1/s1. The second-order valence-electron chi connectivity index (χ2n) is 7.97. The SMILES string of the molecule is COC1=N[C@@](C)(Cc2ccc(OCc3ccccc3)c(F)c2)C(OC)=N[C@@H]1C(C)C. The highest BCUT2D eigenvalue weighted by Crippen LogP contribution is 2.29. The van der Waals surface area contributed by atoms with E-state index in [1.165, 1.54) is 6.07 Å². The Hall–Kier alpha value is -2.89. The van der Waals surface area contributed by atoms with E-state index < -0.39 is 11.4 Å². The molecule has 0 bridgehead atoms. The van der Waals surface area contributed by atoms with Gasteiger partial charge in [0, 0.05) is 6.42 Å². The number of methoxy groups -OCH3 is 2. The Kier molecular flexibility index (Phi) is 6.75. The first-order valence-corrected chi connectivity index (χ1v) is 10.1. The molecular weight excluding hydrogens is 383 g/mol. The van der Waals surface area contributed by atoms with Gasteiger partial charge in [0.15, 0.2) is 11.6 Å². The van der Waals surface area contributed by atoms with Crippen molar-refractivity contribution in [1.82, 2.24) is 0 Å². The van der Waals surface area contributed by atoms with E-state index in [9.17, 15) is 4.39 Å². The molecule has 1 heterocycles. The summed E-state index contributed by atoms with van der Waals surface area (Å²) in [5.41, 5.74) is 0.983. The zero-order chi connectivity index (χ0) is 21.7. The average molecular weight is 413 g/mol. The maximum atomic E-state index is 14.7. The quantitative estimate of drug-likeness (QED) is 0.683. The summed E-state index contributed by atoms with van der Waals surface area (Å²) in [5.74, 6) is 1.12. The largest absolute Gasteiger partial charge is 0.486 e. The third-order valence-electron chi connectivity index (χ3n) is 5.14. The minimum absolute atomic E-state index is 0.191. The first kappa shape index (κ1) is 21.8. The van der Waals surface area contributed by atoms with Crippen LogP contribution in [0.2, 0.25) is 0 Å². The second-order valence-corrected chi connectivity index (χ2v) is 7.97. The van der Waals surface area contributed by atoms with Gasteiger partial charge in [-0.25, -0.2) is 14.4 Å². The van der Waals surface area contributed by atoms with Gasteiger partial charge in [-0.15, -0.1) is 0 Å². The summed E-state index contributed by atoms with van der Waals surface area (Å²) < 4.78 is 31.4. The van der Waals surface area contributed by atoms with Crippen LogP contribution in [0.15, 0.2) is 58.5 Å². The summed E-state index contributed by atoms with van der Waals surface area (Å²) in [5, 5.41) is 0. The predicted molar refractivity (Wildman–Crippen MR) is 117 cm³/mol. The van der Waals surface area contributed by atoms with E-state index >= 15 is 0 Å². The molecule has 0 spiro atoms. The van der Waals surface area contributed by atoms with Crippen molar-refractivity contribution in [3.8, 4) is 5.75 Å². The number of benzene rings is 2. The maximum absolute atomic E-state index is 14.7. The zero-order valence-electron chi connectivity index (χ0n) is 18.2. The van der Waals surface area contributed by atoms with Gasteiger partial charge in [0.2, 0.25) is 11.8 Å². The number of nitrogens with zero attached hydrogens (tertiary/aromatic N) is 2. The molecule has 3 rings (SSSR count). The van der Waals surface area contributed by atoms with Crippen molar-refractivity contribution in [3.63, 3.8) is 0 Å². The Balaban J connectivity index is 1.78. The van der Waals surface area contributed by atoms with Crippen LogP contribution in [0, 0.1) is 11.7 Å². The van der Waals surface area contributed by atoms with Crippen LogP contribution in [0.25, 0.3) is 0 Å². The summed E-state index contributed by atoms with van der Waals surface area (Å²) in [7, 11) is 3.18. The topological polar surface area (TPSA) is 52.4 Å². The molecule has 0 N–H and O–H groups in total.